The van der Waals surface area contributed by atoms with Gasteiger partial charge in [0.15, 0.2) is 6.61 Å². The largest absolute Gasteiger partial charge is 0.484 e. The van der Waals surface area contributed by atoms with Gasteiger partial charge in [-0.1, -0.05) is 36.8 Å². The smallest absolute Gasteiger partial charge is 0.278 e. The molecule has 0 spiro atoms. The van der Waals surface area contributed by atoms with Crippen LogP contribution in [0, 0.1) is 17.0 Å². The van der Waals surface area contributed by atoms with E-state index < -0.39 is 27.5 Å². The Balaban J connectivity index is 1.91. The molecule has 0 unspecified atom stereocenters. The molecule has 0 N–H and O–H groups in total. The van der Waals surface area contributed by atoms with E-state index in [1.807, 2.05) is 13.8 Å². The summed E-state index contributed by atoms with van der Waals surface area (Å²) in [6, 6.07) is 18.1. The minimum absolute atomic E-state index is 0.0219. The number of hydrogen-bond acceptors (Lipinski definition) is 6. The summed E-state index contributed by atoms with van der Waals surface area (Å²) in [5.41, 5.74) is 1.95. The Bertz CT molecular complexity index is 1200. The topological polar surface area (TPSA) is 107 Å². The quantitative estimate of drug-likeness (QED) is 0.372. The Kier molecular flexibility index (Phi) is 6.89. The van der Waals surface area contributed by atoms with Crippen LogP contribution >= 0.6 is 0 Å². The molecule has 0 saturated heterocycles. The number of nitrogens with zero attached hydrogens (tertiary/aromatic N) is 2. The van der Waals surface area contributed by atoms with Crippen molar-refractivity contribution in [3.05, 3.63) is 94.0 Å². The van der Waals surface area contributed by atoms with Gasteiger partial charge in [-0.05, 0) is 55.3 Å². The van der Waals surface area contributed by atoms with E-state index in [1.165, 1.54) is 36.4 Å². The monoisotopic (exact) mass is 454 g/mol. The number of anilines is 1. The van der Waals surface area contributed by atoms with Crippen molar-refractivity contribution in [2.75, 3.05) is 10.9 Å². The van der Waals surface area contributed by atoms with Gasteiger partial charge in [-0.2, -0.15) is 4.31 Å². The predicted octanol–water partition coefficient (Wildman–Crippen LogP) is 4.27. The van der Waals surface area contributed by atoms with Crippen LogP contribution in [0.5, 0.6) is 5.75 Å². The van der Waals surface area contributed by atoms with Gasteiger partial charge < -0.3 is 4.74 Å². The Morgan fingerprint density at radius 2 is 1.56 bits per heavy atom. The summed E-state index contributed by atoms with van der Waals surface area (Å²) in [6.45, 7) is 3.23. The first-order valence-electron chi connectivity index (χ1n) is 9.83. The van der Waals surface area contributed by atoms with Crippen molar-refractivity contribution in [2.45, 2.75) is 25.2 Å². The van der Waals surface area contributed by atoms with Crippen molar-refractivity contribution in [1.29, 1.82) is 0 Å². The van der Waals surface area contributed by atoms with Crippen LogP contribution in [0.3, 0.4) is 0 Å². The summed E-state index contributed by atoms with van der Waals surface area (Å²) in [7, 11) is -4.20. The van der Waals surface area contributed by atoms with Crippen molar-refractivity contribution in [3.8, 4) is 5.75 Å². The van der Waals surface area contributed by atoms with Gasteiger partial charge in [-0.25, -0.2) is 8.42 Å². The van der Waals surface area contributed by atoms with E-state index in [-0.39, 0.29) is 22.0 Å². The third-order valence-corrected chi connectivity index (χ3v) is 6.54. The number of ether oxygens (including phenoxy) is 1. The highest BCUT2D eigenvalue weighted by atomic mass is 32.2. The van der Waals surface area contributed by atoms with Gasteiger partial charge in [0.1, 0.15) is 5.75 Å². The summed E-state index contributed by atoms with van der Waals surface area (Å²) in [6.07, 6.45) is 0.766. The molecule has 0 radical (unpaired) electrons. The molecule has 0 aliphatic heterocycles. The lowest BCUT2D eigenvalue weighted by Gasteiger charge is -2.23. The molecular formula is C23H22N2O6S. The Morgan fingerprint density at radius 1 is 0.969 bits per heavy atom. The van der Waals surface area contributed by atoms with E-state index >= 15 is 0 Å². The minimum atomic E-state index is -4.20. The molecule has 0 heterocycles. The number of nitro groups is 1. The van der Waals surface area contributed by atoms with E-state index in [4.69, 9.17) is 4.74 Å². The average Bonchev–Trinajstić information content (AvgIpc) is 2.78. The number of carbonyl (C=O) groups excluding carboxylic acids is 1. The Morgan fingerprint density at radius 3 is 2.09 bits per heavy atom. The second-order valence-corrected chi connectivity index (χ2v) is 8.82. The predicted molar refractivity (Wildman–Crippen MR) is 120 cm³/mol. The molecule has 3 aromatic carbocycles. The fourth-order valence-electron chi connectivity index (χ4n) is 2.97. The third kappa shape index (κ3) is 5.12. The first kappa shape index (κ1) is 23.0. The highest BCUT2D eigenvalue weighted by Gasteiger charge is 2.31. The van der Waals surface area contributed by atoms with Gasteiger partial charge in [0.2, 0.25) is 0 Å². The lowest BCUT2D eigenvalue weighted by atomic mass is 10.1. The standard InChI is InChI=1S/C23H22N2O6S/c1-3-18-6-8-19(9-7-18)24(32(29,30)22-14-4-17(2)5-15-22)23(26)16-31-21-12-10-20(11-13-21)25(27)28/h4-15H,3,16H2,1-2H3. The van der Waals surface area contributed by atoms with Crippen LogP contribution in [-0.2, 0) is 21.2 Å². The first-order valence-corrected chi connectivity index (χ1v) is 11.3. The van der Waals surface area contributed by atoms with E-state index in [2.05, 4.69) is 0 Å². The summed E-state index contributed by atoms with van der Waals surface area (Å²) in [4.78, 5) is 23.2. The van der Waals surface area contributed by atoms with E-state index in [0.29, 0.717) is 0 Å². The van der Waals surface area contributed by atoms with Crippen LogP contribution in [0.1, 0.15) is 18.1 Å². The molecule has 0 bridgehead atoms. The summed E-state index contributed by atoms with van der Waals surface area (Å²) < 4.78 is 32.8. The molecule has 1 amide bonds. The number of rotatable bonds is 8. The van der Waals surface area contributed by atoms with Gasteiger partial charge >= 0.3 is 0 Å². The van der Waals surface area contributed by atoms with Crippen LogP contribution in [0.2, 0.25) is 0 Å². The highest BCUT2D eigenvalue weighted by Crippen LogP contribution is 2.25. The number of hydrogen-bond donors (Lipinski definition) is 0. The third-order valence-electron chi connectivity index (χ3n) is 4.77. The molecule has 0 atom stereocenters. The molecule has 0 aliphatic rings. The molecular weight excluding hydrogens is 432 g/mol. The van der Waals surface area contributed by atoms with Crippen molar-refractivity contribution >= 4 is 27.3 Å². The zero-order chi connectivity index (χ0) is 23.3. The van der Waals surface area contributed by atoms with E-state index in [1.54, 1.807) is 36.4 Å². The first-order chi connectivity index (χ1) is 15.2. The summed E-state index contributed by atoms with van der Waals surface area (Å²) in [5, 5.41) is 10.8. The molecule has 0 saturated carbocycles. The van der Waals surface area contributed by atoms with Crippen LogP contribution in [0.15, 0.2) is 77.7 Å². The summed E-state index contributed by atoms with van der Waals surface area (Å²) >= 11 is 0. The van der Waals surface area contributed by atoms with Crippen LogP contribution in [0.4, 0.5) is 11.4 Å². The van der Waals surface area contributed by atoms with Crippen molar-refractivity contribution in [3.63, 3.8) is 0 Å². The number of nitro benzene ring substituents is 1. The van der Waals surface area contributed by atoms with E-state index in [0.717, 1.165) is 21.9 Å². The minimum Gasteiger partial charge on any atom is -0.484 e. The number of carbonyl (C=O) groups is 1. The molecule has 3 aromatic rings. The van der Waals surface area contributed by atoms with Crippen molar-refractivity contribution in [1.82, 2.24) is 0 Å². The number of sulfonamides is 1. The normalized spacial score (nSPS) is 11.1. The highest BCUT2D eigenvalue weighted by molar-refractivity contribution is 7.93. The van der Waals surface area contributed by atoms with Gasteiger partial charge in [-0.3, -0.25) is 14.9 Å². The number of benzene rings is 3. The maximum atomic E-state index is 13.3. The van der Waals surface area contributed by atoms with Crippen molar-refractivity contribution in [2.24, 2.45) is 0 Å². The number of non-ortho nitro benzene ring substituents is 1. The SMILES string of the molecule is CCc1ccc(N(C(=O)COc2ccc([N+](=O)[O-])cc2)S(=O)(=O)c2ccc(C)cc2)cc1. The molecule has 32 heavy (non-hydrogen) atoms. The van der Waals surface area contributed by atoms with Crippen LogP contribution in [-0.4, -0.2) is 25.9 Å². The lowest BCUT2D eigenvalue weighted by molar-refractivity contribution is -0.384. The molecule has 166 valence electrons. The van der Waals surface area contributed by atoms with Crippen LogP contribution in [0.25, 0.3) is 0 Å². The Hall–Kier alpha value is -3.72. The van der Waals surface area contributed by atoms with E-state index in [9.17, 15) is 23.3 Å². The lowest BCUT2D eigenvalue weighted by Crippen LogP contribution is -2.40. The zero-order valence-electron chi connectivity index (χ0n) is 17.6. The van der Waals surface area contributed by atoms with Gasteiger partial charge in [0, 0.05) is 12.1 Å². The number of amides is 1. The molecule has 3 rings (SSSR count). The molecule has 0 aliphatic carbocycles. The maximum Gasteiger partial charge on any atom is 0.278 e. The Labute approximate surface area is 186 Å². The second-order valence-electron chi connectivity index (χ2n) is 7.04. The second kappa shape index (κ2) is 9.61. The average molecular weight is 455 g/mol. The zero-order valence-corrected chi connectivity index (χ0v) is 18.4. The molecule has 9 heteroatoms. The number of aryl methyl sites for hydroxylation is 2. The molecule has 0 aromatic heterocycles. The fourth-order valence-corrected chi connectivity index (χ4v) is 4.38. The molecule has 8 nitrogen and oxygen atoms in total. The van der Waals surface area contributed by atoms with Gasteiger partial charge in [0.25, 0.3) is 21.6 Å². The van der Waals surface area contributed by atoms with Gasteiger partial charge in [0.05, 0.1) is 15.5 Å². The maximum absolute atomic E-state index is 13.3. The molecule has 0 fully saturated rings. The van der Waals surface area contributed by atoms with Crippen LogP contribution < -0.4 is 9.04 Å². The summed E-state index contributed by atoms with van der Waals surface area (Å²) in [5.74, 6) is -0.592. The van der Waals surface area contributed by atoms with Gasteiger partial charge in [-0.15, -0.1) is 0 Å². The van der Waals surface area contributed by atoms with Crippen molar-refractivity contribution < 1.29 is 22.9 Å². The fraction of sp³-hybridized carbons (Fsp3) is 0.174.